The molecule has 1 aliphatic heterocycles. The molecule has 2 aliphatic rings. The van der Waals surface area contributed by atoms with Crippen LogP contribution in [-0.2, 0) is 14.3 Å². The Hall–Kier alpha value is -2.96. The van der Waals surface area contributed by atoms with Gasteiger partial charge >= 0.3 is 5.97 Å². The van der Waals surface area contributed by atoms with E-state index in [9.17, 15) is 19.7 Å². The molecule has 0 fully saturated rings. The number of benzene rings is 1. The van der Waals surface area contributed by atoms with Crippen LogP contribution in [0.2, 0.25) is 0 Å². The summed E-state index contributed by atoms with van der Waals surface area (Å²) >= 11 is 0. The van der Waals surface area contributed by atoms with Crippen molar-refractivity contribution in [2.45, 2.75) is 39.0 Å². The van der Waals surface area contributed by atoms with E-state index < -0.39 is 16.8 Å². The maximum atomic E-state index is 12.7. The molecule has 1 heterocycles. The van der Waals surface area contributed by atoms with Gasteiger partial charge in [-0.05, 0) is 26.7 Å². The summed E-state index contributed by atoms with van der Waals surface area (Å²) in [6, 6.07) is 6.24. The molecule has 1 N–H and O–H groups in total. The number of allylic oxidation sites excluding steroid dienone is 3. The molecule has 136 valence electrons. The Balaban J connectivity index is 2.25. The Bertz CT molecular complexity index is 853. The van der Waals surface area contributed by atoms with Crippen LogP contribution in [0.5, 0.6) is 0 Å². The average molecular weight is 356 g/mol. The zero-order chi connectivity index (χ0) is 18.8. The predicted octanol–water partition coefficient (Wildman–Crippen LogP) is 3.13. The zero-order valence-electron chi connectivity index (χ0n) is 14.7. The number of hydrogen-bond donors (Lipinski definition) is 1. The smallest absolute Gasteiger partial charge is 0.336 e. The highest BCUT2D eigenvalue weighted by Crippen LogP contribution is 2.44. The highest BCUT2D eigenvalue weighted by Gasteiger charge is 2.41. The third-order valence-corrected chi connectivity index (χ3v) is 4.72. The summed E-state index contributed by atoms with van der Waals surface area (Å²) in [5, 5.41) is 14.7. The second kappa shape index (κ2) is 7.11. The molecule has 0 radical (unpaired) electrons. The minimum atomic E-state index is -0.792. The van der Waals surface area contributed by atoms with Crippen molar-refractivity contribution in [3.8, 4) is 0 Å². The van der Waals surface area contributed by atoms with Crippen LogP contribution in [0.4, 0.5) is 5.69 Å². The number of carbonyl (C=O) groups excluding carboxylic acids is 2. The number of esters is 1. The minimum absolute atomic E-state index is 0.0869. The second-order valence-electron chi connectivity index (χ2n) is 6.30. The van der Waals surface area contributed by atoms with Gasteiger partial charge in [0.25, 0.3) is 5.69 Å². The van der Waals surface area contributed by atoms with E-state index in [1.54, 1.807) is 32.0 Å². The Labute approximate surface area is 150 Å². The van der Waals surface area contributed by atoms with Crippen molar-refractivity contribution < 1.29 is 19.2 Å². The Morgan fingerprint density at radius 1 is 1.35 bits per heavy atom. The summed E-state index contributed by atoms with van der Waals surface area (Å²) in [7, 11) is 0. The lowest BCUT2D eigenvalue weighted by Gasteiger charge is -2.33. The first-order valence-corrected chi connectivity index (χ1v) is 8.60. The Morgan fingerprint density at radius 2 is 2.08 bits per heavy atom. The number of Topliss-reactive ketones (excluding diaryl/α,β-unsaturated/α-hetero) is 1. The van der Waals surface area contributed by atoms with Gasteiger partial charge in [0.05, 0.1) is 23.0 Å². The van der Waals surface area contributed by atoms with Crippen LogP contribution in [0, 0.1) is 10.1 Å². The molecule has 7 heteroatoms. The van der Waals surface area contributed by atoms with Crippen molar-refractivity contribution in [2.24, 2.45) is 0 Å². The van der Waals surface area contributed by atoms with Gasteiger partial charge in [-0.2, -0.15) is 0 Å². The van der Waals surface area contributed by atoms with Gasteiger partial charge in [-0.3, -0.25) is 14.9 Å². The first-order valence-electron chi connectivity index (χ1n) is 8.60. The summed E-state index contributed by atoms with van der Waals surface area (Å²) in [6.45, 7) is 3.61. The van der Waals surface area contributed by atoms with Gasteiger partial charge < -0.3 is 10.1 Å². The molecule has 0 unspecified atom stereocenters. The topological polar surface area (TPSA) is 98.5 Å². The van der Waals surface area contributed by atoms with Gasteiger partial charge in [0, 0.05) is 35.0 Å². The van der Waals surface area contributed by atoms with Gasteiger partial charge in [0.2, 0.25) is 0 Å². The van der Waals surface area contributed by atoms with Gasteiger partial charge in [-0.25, -0.2) is 4.79 Å². The van der Waals surface area contributed by atoms with Crippen LogP contribution in [0.15, 0.2) is 46.8 Å². The highest BCUT2D eigenvalue weighted by atomic mass is 16.6. The highest BCUT2D eigenvalue weighted by molar-refractivity contribution is 6.04. The molecule has 0 saturated carbocycles. The first-order chi connectivity index (χ1) is 12.5. The monoisotopic (exact) mass is 356 g/mol. The summed E-state index contributed by atoms with van der Waals surface area (Å²) in [5.74, 6) is -1.44. The van der Waals surface area contributed by atoms with Crippen molar-refractivity contribution in [3.63, 3.8) is 0 Å². The molecule has 0 spiro atoms. The quantitative estimate of drug-likeness (QED) is 0.505. The molecule has 0 saturated heterocycles. The van der Waals surface area contributed by atoms with Gasteiger partial charge in [0.1, 0.15) is 0 Å². The van der Waals surface area contributed by atoms with Crippen LogP contribution in [0.25, 0.3) is 0 Å². The SMILES string of the molecule is CCOC(=O)C1=C(C)NC2=C(C(=O)CCC2)[C@@H]1c1ccccc1[N+](=O)[O-]. The molecular formula is C19H20N2O5. The summed E-state index contributed by atoms with van der Waals surface area (Å²) < 4.78 is 5.18. The van der Waals surface area contributed by atoms with Crippen LogP contribution in [0.1, 0.15) is 44.6 Å². The fourth-order valence-electron chi connectivity index (χ4n) is 3.67. The second-order valence-corrected chi connectivity index (χ2v) is 6.30. The number of dihydropyridines is 1. The molecule has 1 aromatic rings. The molecule has 1 aliphatic carbocycles. The molecule has 7 nitrogen and oxygen atoms in total. The van der Waals surface area contributed by atoms with Crippen LogP contribution in [-0.4, -0.2) is 23.3 Å². The van der Waals surface area contributed by atoms with Crippen molar-refractivity contribution in [1.29, 1.82) is 0 Å². The third kappa shape index (κ3) is 3.00. The van der Waals surface area contributed by atoms with Crippen molar-refractivity contribution in [3.05, 3.63) is 62.5 Å². The standard InChI is InChI=1S/C19H20N2O5/c1-3-26-19(23)16-11(2)20-13-8-6-10-15(22)18(13)17(16)12-7-4-5-9-14(12)21(24)25/h4-5,7,9,17,20H,3,6,8,10H2,1-2H3/t17-/m1/s1. The Kier molecular flexibility index (Phi) is 4.88. The van der Waals surface area contributed by atoms with E-state index in [0.717, 1.165) is 12.1 Å². The van der Waals surface area contributed by atoms with Gasteiger partial charge in [-0.1, -0.05) is 18.2 Å². The summed E-state index contributed by atoms with van der Waals surface area (Å²) in [4.78, 5) is 36.4. The number of nitro groups is 1. The van der Waals surface area contributed by atoms with Gasteiger partial charge in [0.15, 0.2) is 5.78 Å². The van der Waals surface area contributed by atoms with Crippen LogP contribution in [0.3, 0.4) is 0 Å². The normalized spacial score (nSPS) is 19.8. The fourth-order valence-corrected chi connectivity index (χ4v) is 3.67. The number of nitrogens with zero attached hydrogens (tertiary/aromatic N) is 1. The molecule has 0 amide bonds. The first kappa shape index (κ1) is 17.8. The lowest BCUT2D eigenvalue weighted by atomic mass is 9.75. The molecule has 1 atom stereocenters. The largest absolute Gasteiger partial charge is 0.463 e. The summed E-state index contributed by atoms with van der Waals surface area (Å²) in [6.07, 6.45) is 1.76. The maximum Gasteiger partial charge on any atom is 0.336 e. The van der Waals surface area contributed by atoms with E-state index in [2.05, 4.69) is 5.32 Å². The van der Waals surface area contributed by atoms with E-state index >= 15 is 0 Å². The van der Waals surface area contributed by atoms with Crippen molar-refractivity contribution >= 4 is 17.4 Å². The predicted molar refractivity (Wildman–Crippen MR) is 94.2 cm³/mol. The van der Waals surface area contributed by atoms with E-state index in [1.165, 1.54) is 6.07 Å². The summed E-state index contributed by atoms with van der Waals surface area (Å²) in [5.41, 5.74) is 2.24. The molecule has 26 heavy (non-hydrogen) atoms. The van der Waals surface area contributed by atoms with Crippen LogP contribution < -0.4 is 5.32 Å². The number of nitro benzene ring substituents is 1. The number of rotatable bonds is 4. The number of ketones is 1. The lowest BCUT2D eigenvalue weighted by molar-refractivity contribution is -0.385. The van der Waals surface area contributed by atoms with E-state index in [-0.39, 0.29) is 23.7 Å². The molecular weight excluding hydrogens is 336 g/mol. The molecule has 0 bridgehead atoms. The zero-order valence-corrected chi connectivity index (χ0v) is 14.7. The third-order valence-electron chi connectivity index (χ3n) is 4.72. The van der Waals surface area contributed by atoms with Crippen molar-refractivity contribution in [1.82, 2.24) is 5.32 Å². The van der Waals surface area contributed by atoms with E-state index in [1.807, 2.05) is 0 Å². The number of ether oxygens (including phenoxy) is 1. The average Bonchev–Trinajstić information content (AvgIpc) is 2.60. The lowest BCUT2D eigenvalue weighted by Crippen LogP contribution is -2.34. The van der Waals surface area contributed by atoms with Crippen LogP contribution >= 0.6 is 0 Å². The van der Waals surface area contributed by atoms with E-state index in [4.69, 9.17) is 4.74 Å². The number of nitrogens with one attached hydrogen (secondary N) is 1. The maximum absolute atomic E-state index is 12.7. The fraction of sp³-hybridized carbons (Fsp3) is 0.368. The van der Waals surface area contributed by atoms with Crippen molar-refractivity contribution in [2.75, 3.05) is 6.61 Å². The molecule has 0 aromatic heterocycles. The number of carbonyl (C=O) groups is 2. The number of hydrogen-bond acceptors (Lipinski definition) is 6. The Morgan fingerprint density at radius 3 is 2.77 bits per heavy atom. The molecule has 1 aromatic carbocycles. The minimum Gasteiger partial charge on any atom is -0.463 e. The van der Waals surface area contributed by atoms with E-state index in [0.29, 0.717) is 29.7 Å². The van der Waals surface area contributed by atoms with Gasteiger partial charge in [-0.15, -0.1) is 0 Å². The number of para-hydroxylation sites is 1. The molecule has 3 rings (SSSR count).